The number of amidine groups is 1. The second-order valence-corrected chi connectivity index (χ2v) is 9.98. The number of nitrogens with zero attached hydrogens (tertiary/aromatic N) is 2. The van der Waals surface area contributed by atoms with E-state index in [0.717, 1.165) is 32.8 Å². The van der Waals surface area contributed by atoms with Crippen LogP contribution in [0, 0.1) is 13.8 Å². The van der Waals surface area contributed by atoms with Crippen molar-refractivity contribution in [3.05, 3.63) is 111 Å². The van der Waals surface area contributed by atoms with Gasteiger partial charge in [-0.15, -0.1) is 0 Å². The van der Waals surface area contributed by atoms with Crippen molar-refractivity contribution < 1.29 is 4.79 Å². The fourth-order valence-electron chi connectivity index (χ4n) is 4.05. The molecule has 0 atom stereocenters. The molecule has 1 amide bonds. The fourth-order valence-corrected chi connectivity index (χ4v) is 5.27. The smallest absolute Gasteiger partial charge is 0.264 e. The number of aliphatic imine (C=N–C) groups is 1. The first-order valence-electron chi connectivity index (χ1n) is 10.9. The van der Waals surface area contributed by atoms with Gasteiger partial charge in [0.05, 0.1) is 10.6 Å². The van der Waals surface area contributed by atoms with Crippen LogP contribution in [0.3, 0.4) is 0 Å². The van der Waals surface area contributed by atoms with E-state index in [1.165, 1.54) is 22.9 Å². The Morgan fingerprint density at radius 2 is 1.65 bits per heavy atom. The Balaban J connectivity index is 1.41. The molecular formula is C28H22BrN3OS. The molecular weight excluding hydrogens is 506 g/mol. The Morgan fingerprint density at radius 3 is 2.38 bits per heavy atom. The van der Waals surface area contributed by atoms with Crippen molar-refractivity contribution in [1.29, 1.82) is 0 Å². The van der Waals surface area contributed by atoms with Crippen LogP contribution in [0.5, 0.6) is 0 Å². The normalized spacial score (nSPS) is 15.8. The third-order valence-corrected chi connectivity index (χ3v) is 7.08. The summed E-state index contributed by atoms with van der Waals surface area (Å²) in [7, 11) is 0. The van der Waals surface area contributed by atoms with E-state index in [9.17, 15) is 4.79 Å². The minimum absolute atomic E-state index is 0.129. The molecule has 168 valence electrons. The van der Waals surface area contributed by atoms with Gasteiger partial charge < -0.3 is 9.88 Å². The van der Waals surface area contributed by atoms with Crippen molar-refractivity contribution in [1.82, 2.24) is 9.88 Å². The number of aryl methyl sites for hydroxylation is 1. The van der Waals surface area contributed by atoms with E-state index < -0.39 is 0 Å². The number of nitrogens with one attached hydrogen (secondary N) is 1. The fraction of sp³-hybridized carbons (Fsp3) is 0.0714. The molecule has 1 fully saturated rings. The first-order chi connectivity index (χ1) is 16.5. The number of rotatable bonds is 4. The lowest BCUT2D eigenvalue weighted by atomic mass is 10.1. The zero-order valence-electron chi connectivity index (χ0n) is 18.7. The molecule has 1 saturated heterocycles. The average molecular weight is 528 g/mol. The maximum absolute atomic E-state index is 12.6. The van der Waals surface area contributed by atoms with Crippen LogP contribution in [-0.4, -0.2) is 15.6 Å². The summed E-state index contributed by atoms with van der Waals surface area (Å²) in [5.41, 5.74) is 7.49. The van der Waals surface area contributed by atoms with Gasteiger partial charge in [-0.2, -0.15) is 0 Å². The molecule has 4 aromatic rings. The van der Waals surface area contributed by atoms with Crippen molar-refractivity contribution in [3.63, 3.8) is 0 Å². The molecule has 0 aliphatic carbocycles. The molecule has 34 heavy (non-hydrogen) atoms. The molecule has 4 nitrogen and oxygen atoms in total. The first kappa shape index (κ1) is 22.4. The molecule has 6 heteroatoms. The minimum atomic E-state index is -0.129. The van der Waals surface area contributed by atoms with Gasteiger partial charge in [0.1, 0.15) is 0 Å². The summed E-state index contributed by atoms with van der Waals surface area (Å²) in [5, 5.41) is 3.45. The van der Waals surface area contributed by atoms with E-state index in [1.54, 1.807) is 0 Å². The number of halogens is 1. The Hall–Kier alpha value is -3.35. The number of benzene rings is 3. The molecule has 2 heterocycles. The van der Waals surface area contributed by atoms with Crippen molar-refractivity contribution in [2.75, 3.05) is 0 Å². The molecule has 0 spiro atoms. The summed E-state index contributed by atoms with van der Waals surface area (Å²) >= 11 is 4.81. The summed E-state index contributed by atoms with van der Waals surface area (Å²) in [6.07, 6.45) is 1.95. The molecule has 0 bridgehead atoms. The Bertz CT molecular complexity index is 1440. The third kappa shape index (κ3) is 4.65. The maximum atomic E-state index is 12.6. The Kier molecular flexibility index (Phi) is 6.26. The van der Waals surface area contributed by atoms with E-state index in [0.29, 0.717) is 10.1 Å². The summed E-state index contributed by atoms with van der Waals surface area (Å²) in [4.78, 5) is 17.8. The second kappa shape index (κ2) is 9.49. The highest BCUT2D eigenvalue weighted by Gasteiger charge is 2.24. The standard InChI is InChI=1S/C28H22BrN3OS/c1-18-15-22(16-26-27(33)31-28(34-26)30-24-10-6-9-23(29)17-24)19(2)32(18)25-13-11-21(12-14-25)20-7-4-3-5-8-20/h3-17H,1-2H3,(H,30,31,33)/b26-16+. The van der Waals surface area contributed by atoms with Crippen LogP contribution in [0.15, 0.2) is 99.3 Å². The van der Waals surface area contributed by atoms with Crippen molar-refractivity contribution in [2.24, 2.45) is 4.99 Å². The molecule has 1 aliphatic rings. The van der Waals surface area contributed by atoms with Crippen molar-refractivity contribution >= 4 is 50.5 Å². The van der Waals surface area contributed by atoms with Crippen molar-refractivity contribution in [3.8, 4) is 16.8 Å². The molecule has 0 unspecified atom stereocenters. The lowest BCUT2D eigenvalue weighted by Crippen LogP contribution is -2.19. The van der Waals surface area contributed by atoms with E-state index in [1.807, 2.05) is 36.4 Å². The monoisotopic (exact) mass is 527 g/mol. The van der Waals surface area contributed by atoms with Crippen LogP contribution in [0.2, 0.25) is 0 Å². The highest BCUT2D eigenvalue weighted by Crippen LogP contribution is 2.31. The number of thioether (sulfide) groups is 1. The summed E-state index contributed by atoms with van der Waals surface area (Å²) in [6.45, 7) is 4.17. The van der Waals surface area contributed by atoms with Crippen LogP contribution < -0.4 is 5.32 Å². The SMILES string of the molecule is Cc1cc(/C=C2/SC(=Nc3cccc(Br)c3)NC2=O)c(C)n1-c1ccc(-c2ccccc2)cc1. The van der Waals surface area contributed by atoms with E-state index in [-0.39, 0.29) is 5.91 Å². The van der Waals surface area contributed by atoms with Crippen LogP contribution in [-0.2, 0) is 4.79 Å². The summed E-state index contributed by atoms with van der Waals surface area (Å²) in [6, 6.07) is 28.7. The molecule has 1 aromatic heterocycles. The van der Waals surface area contributed by atoms with Crippen LogP contribution in [0.4, 0.5) is 5.69 Å². The predicted molar refractivity (Wildman–Crippen MR) is 146 cm³/mol. The molecule has 0 saturated carbocycles. The van der Waals surface area contributed by atoms with Gasteiger partial charge in [0.2, 0.25) is 0 Å². The van der Waals surface area contributed by atoms with Gasteiger partial charge in [0.25, 0.3) is 5.91 Å². The zero-order chi connectivity index (χ0) is 23.7. The topological polar surface area (TPSA) is 46.4 Å². The van der Waals surface area contributed by atoms with Gasteiger partial charge >= 0.3 is 0 Å². The minimum Gasteiger partial charge on any atom is -0.318 e. The van der Waals surface area contributed by atoms with E-state index in [4.69, 9.17) is 0 Å². The Morgan fingerprint density at radius 1 is 0.912 bits per heavy atom. The number of carbonyl (C=O) groups excluding carboxylic acids is 1. The van der Waals surface area contributed by atoms with Gasteiger partial charge in [0, 0.05) is 21.5 Å². The summed E-state index contributed by atoms with van der Waals surface area (Å²) in [5.74, 6) is -0.129. The van der Waals surface area contributed by atoms with Gasteiger partial charge in [-0.05, 0) is 84.8 Å². The van der Waals surface area contributed by atoms with Crippen molar-refractivity contribution in [2.45, 2.75) is 13.8 Å². The maximum Gasteiger partial charge on any atom is 0.264 e. The molecule has 1 N–H and O–H groups in total. The Labute approximate surface area is 211 Å². The average Bonchev–Trinajstić information content (AvgIpc) is 3.32. The lowest BCUT2D eigenvalue weighted by molar-refractivity contribution is -0.115. The first-order valence-corrected chi connectivity index (χ1v) is 12.5. The van der Waals surface area contributed by atoms with Gasteiger partial charge in [-0.3, -0.25) is 4.79 Å². The largest absolute Gasteiger partial charge is 0.318 e. The van der Waals surface area contributed by atoms with E-state index >= 15 is 0 Å². The van der Waals surface area contributed by atoms with Gasteiger partial charge in [-0.1, -0.05) is 64.5 Å². The zero-order valence-corrected chi connectivity index (χ0v) is 21.2. The van der Waals surface area contributed by atoms with Crippen LogP contribution in [0.1, 0.15) is 17.0 Å². The van der Waals surface area contributed by atoms with E-state index in [2.05, 4.69) is 99.3 Å². The lowest BCUT2D eigenvalue weighted by Gasteiger charge is -2.11. The van der Waals surface area contributed by atoms with Crippen LogP contribution >= 0.6 is 27.7 Å². The predicted octanol–water partition coefficient (Wildman–Crippen LogP) is 7.42. The van der Waals surface area contributed by atoms with Gasteiger partial charge in [0.15, 0.2) is 5.17 Å². The number of carbonyl (C=O) groups is 1. The number of aromatic nitrogens is 1. The quantitative estimate of drug-likeness (QED) is 0.280. The molecule has 5 rings (SSSR count). The molecule has 3 aromatic carbocycles. The molecule has 0 radical (unpaired) electrons. The highest BCUT2D eigenvalue weighted by molar-refractivity contribution is 9.10. The van der Waals surface area contributed by atoms with Gasteiger partial charge in [-0.25, -0.2) is 4.99 Å². The number of hydrogen-bond donors (Lipinski definition) is 1. The number of hydrogen-bond acceptors (Lipinski definition) is 3. The number of amides is 1. The summed E-state index contributed by atoms with van der Waals surface area (Å²) < 4.78 is 3.17. The highest BCUT2D eigenvalue weighted by atomic mass is 79.9. The van der Waals surface area contributed by atoms with Crippen LogP contribution in [0.25, 0.3) is 22.9 Å². The third-order valence-electron chi connectivity index (χ3n) is 5.68. The molecule has 1 aliphatic heterocycles. The second-order valence-electron chi connectivity index (χ2n) is 8.04.